The SMILES string of the molecule is CCc1cccc(-n2c3nc(Nc4ccc5c(c4)CNCC5)ncc3c(=O)n2C(C)C)n1. The van der Waals surface area contributed by atoms with Crippen molar-refractivity contribution in [1.82, 2.24) is 29.6 Å². The van der Waals surface area contributed by atoms with Crippen LogP contribution in [-0.4, -0.2) is 30.9 Å². The Morgan fingerprint density at radius 3 is 2.84 bits per heavy atom. The molecule has 0 saturated heterocycles. The average molecular weight is 430 g/mol. The lowest BCUT2D eigenvalue weighted by atomic mass is 10.0. The zero-order valence-corrected chi connectivity index (χ0v) is 18.6. The second-order valence-electron chi connectivity index (χ2n) is 8.36. The van der Waals surface area contributed by atoms with E-state index in [1.165, 1.54) is 11.1 Å². The van der Waals surface area contributed by atoms with Crippen LogP contribution in [-0.2, 0) is 19.4 Å². The monoisotopic (exact) mass is 429 g/mol. The van der Waals surface area contributed by atoms with Gasteiger partial charge in [-0.3, -0.25) is 4.79 Å². The molecule has 4 aromatic rings. The molecule has 164 valence electrons. The molecule has 0 atom stereocenters. The molecule has 1 aliphatic heterocycles. The predicted molar refractivity (Wildman–Crippen MR) is 126 cm³/mol. The van der Waals surface area contributed by atoms with Crippen LogP contribution in [0, 0.1) is 0 Å². The minimum absolute atomic E-state index is 0.0617. The Morgan fingerprint density at radius 2 is 2.03 bits per heavy atom. The first-order chi connectivity index (χ1) is 15.5. The summed E-state index contributed by atoms with van der Waals surface area (Å²) >= 11 is 0. The van der Waals surface area contributed by atoms with Gasteiger partial charge < -0.3 is 10.6 Å². The molecule has 2 N–H and O–H groups in total. The maximum Gasteiger partial charge on any atom is 0.278 e. The number of hydrogen-bond donors (Lipinski definition) is 2. The van der Waals surface area contributed by atoms with Crippen LogP contribution >= 0.6 is 0 Å². The van der Waals surface area contributed by atoms with Crippen molar-refractivity contribution in [3.63, 3.8) is 0 Å². The van der Waals surface area contributed by atoms with Crippen molar-refractivity contribution in [1.29, 1.82) is 0 Å². The van der Waals surface area contributed by atoms with Crippen molar-refractivity contribution < 1.29 is 0 Å². The molecule has 0 saturated carbocycles. The highest BCUT2D eigenvalue weighted by Crippen LogP contribution is 2.23. The minimum Gasteiger partial charge on any atom is -0.324 e. The lowest BCUT2D eigenvalue weighted by molar-refractivity contribution is 0.471. The van der Waals surface area contributed by atoms with Crippen molar-refractivity contribution >= 4 is 22.7 Å². The van der Waals surface area contributed by atoms with Crippen LogP contribution in [0.4, 0.5) is 11.6 Å². The fourth-order valence-corrected chi connectivity index (χ4v) is 4.22. The summed E-state index contributed by atoms with van der Waals surface area (Å²) in [5.41, 5.74) is 4.96. The van der Waals surface area contributed by atoms with Gasteiger partial charge in [0.1, 0.15) is 5.39 Å². The summed E-state index contributed by atoms with van der Waals surface area (Å²) in [4.78, 5) is 27.1. The highest BCUT2D eigenvalue weighted by Gasteiger charge is 2.20. The lowest BCUT2D eigenvalue weighted by Crippen LogP contribution is -2.24. The second kappa shape index (κ2) is 8.20. The quantitative estimate of drug-likeness (QED) is 0.505. The van der Waals surface area contributed by atoms with E-state index >= 15 is 0 Å². The van der Waals surface area contributed by atoms with Crippen LogP contribution in [0.3, 0.4) is 0 Å². The first-order valence-corrected chi connectivity index (χ1v) is 11.1. The number of aryl methyl sites for hydroxylation is 1. The molecule has 0 fully saturated rings. The van der Waals surface area contributed by atoms with Gasteiger partial charge in [-0.05, 0) is 68.6 Å². The molecule has 8 nitrogen and oxygen atoms in total. The molecule has 1 aromatic carbocycles. The Morgan fingerprint density at radius 1 is 1.16 bits per heavy atom. The molecule has 0 amide bonds. The Bertz CT molecular complexity index is 1350. The number of anilines is 2. The van der Waals surface area contributed by atoms with Gasteiger partial charge in [0.15, 0.2) is 11.5 Å². The van der Waals surface area contributed by atoms with Gasteiger partial charge in [0.2, 0.25) is 5.95 Å². The standard InChI is InChI=1S/C24H27N7O/c1-4-18-6-5-7-21(27-18)31-22-20(23(32)30(31)15(2)3)14-26-24(29-22)28-19-9-8-16-10-11-25-13-17(16)12-19/h5-9,12,14-15,25H,4,10-11,13H2,1-3H3,(H,26,28,29). The van der Waals surface area contributed by atoms with Crippen LogP contribution in [0.15, 0.2) is 47.4 Å². The summed E-state index contributed by atoms with van der Waals surface area (Å²) in [6, 6.07) is 12.1. The highest BCUT2D eigenvalue weighted by molar-refractivity contribution is 5.77. The molecule has 32 heavy (non-hydrogen) atoms. The summed E-state index contributed by atoms with van der Waals surface area (Å²) in [6.07, 6.45) is 3.46. The largest absolute Gasteiger partial charge is 0.324 e. The number of nitrogens with zero attached hydrogens (tertiary/aromatic N) is 5. The molecule has 0 bridgehead atoms. The summed E-state index contributed by atoms with van der Waals surface area (Å²) < 4.78 is 3.50. The predicted octanol–water partition coefficient (Wildman–Crippen LogP) is 3.51. The van der Waals surface area contributed by atoms with Crippen LogP contribution in [0.2, 0.25) is 0 Å². The zero-order chi connectivity index (χ0) is 22.2. The number of fused-ring (bicyclic) bond motifs is 2. The van der Waals surface area contributed by atoms with Crippen molar-refractivity contribution in [2.45, 2.75) is 46.2 Å². The van der Waals surface area contributed by atoms with E-state index in [-0.39, 0.29) is 11.6 Å². The van der Waals surface area contributed by atoms with E-state index in [1.807, 2.05) is 36.7 Å². The van der Waals surface area contributed by atoms with Crippen LogP contribution < -0.4 is 16.2 Å². The fraction of sp³-hybridized carbons (Fsp3) is 0.333. The van der Waals surface area contributed by atoms with E-state index in [4.69, 9.17) is 9.97 Å². The van der Waals surface area contributed by atoms with Crippen molar-refractivity contribution in [3.05, 3.63) is 69.8 Å². The van der Waals surface area contributed by atoms with Gasteiger partial charge in [-0.25, -0.2) is 19.3 Å². The van der Waals surface area contributed by atoms with Gasteiger partial charge in [-0.15, -0.1) is 0 Å². The van der Waals surface area contributed by atoms with Crippen molar-refractivity contribution in [2.24, 2.45) is 0 Å². The first kappa shape index (κ1) is 20.4. The summed E-state index contributed by atoms with van der Waals surface area (Å²) in [5.74, 6) is 1.12. The topological polar surface area (TPSA) is 89.7 Å². The molecular formula is C24H27N7O. The molecule has 3 aromatic heterocycles. The van der Waals surface area contributed by atoms with E-state index in [0.717, 1.165) is 37.3 Å². The fourth-order valence-electron chi connectivity index (χ4n) is 4.22. The van der Waals surface area contributed by atoms with Crippen LogP contribution in [0.1, 0.15) is 43.6 Å². The molecule has 5 rings (SSSR count). The number of benzene rings is 1. The third-order valence-electron chi connectivity index (χ3n) is 5.83. The molecule has 0 radical (unpaired) electrons. The van der Waals surface area contributed by atoms with Crippen molar-refractivity contribution in [2.75, 3.05) is 11.9 Å². The van der Waals surface area contributed by atoms with E-state index in [1.54, 1.807) is 10.9 Å². The maximum atomic E-state index is 13.2. The average Bonchev–Trinajstić information content (AvgIpc) is 3.11. The molecule has 0 aliphatic carbocycles. The molecule has 8 heteroatoms. The van der Waals surface area contributed by atoms with Gasteiger partial charge >= 0.3 is 0 Å². The van der Waals surface area contributed by atoms with Crippen molar-refractivity contribution in [3.8, 4) is 5.82 Å². The van der Waals surface area contributed by atoms with Crippen LogP contribution in [0.5, 0.6) is 0 Å². The van der Waals surface area contributed by atoms with Gasteiger partial charge in [0, 0.05) is 30.2 Å². The zero-order valence-electron chi connectivity index (χ0n) is 18.6. The van der Waals surface area contributed by atoms with E-state index in [2.05, 4.69) is 40.7 Å². The normalized spacial score (nSPS) is 13.5. The van der Waals surface area contributed by atoms with Gasteiger partial charge in [0.25, 0.3) is 5.56 Å². The minimum atomic E-state index is -0.120. The van der Waals surface area contributed by atoms with E-state index < -0.39 is 0 Å². The number of rotatable bonds is 5. The lowest BCUT2D eigenvalue weighted by Gasteiger charge is -2.18. The van der Waals surface area contributed by atoms with E-state index in [9.17, 15) is 4.79 Å². The Balaban J connectivity index is 1.62. The Hall–Kier alpha value is -3.52. The number of aromatic nitrogens is 5. The molecule has 1 aliphatic rings. The first-order valence-electron chi connectivity index (χ1n) is 11.1. The second-order valence-corrected chi connectivity index (χ2v) is 8.36. The third-order valence-corrected chi connectivity index (χ3v) is 5.83. The number of hydrogen-bond acceptors (Lipinski definition) is 6. The summed E-state index contributed by atoms with van der Waals surface area (Å²) in [7, 11) is 0. The highest BCUT2D eigenvalue weighted by atomic mass is 16.1. The van der Waals surface area contributed by atoms with Gasteiger partial charge in [-0.1, -0.05) is 19.1 Å². The van der Waals surface area contributed by atoms with Crippen LogP contribution in [0.25, 0.3) is 16.9 Å². The smallest absolute Gasteiger partial charge is 0.278 e. The Kier molecular flexibility index (Phi) is 5.22. The van der Waals surface area contributed by atoms with E-state index in [0.29, 0.717) is 22.8 Å². The van der Waals surface area contributed by atoms with Gasteiger partial charge in [0.05, 0.1) is 0 Å². The summed E-state index contributed by atoms with van der Waals surface area (Å²) in [5, 5.41) is 7.19. The maximum absolute atomic E-state index is 13.2. The van der Waals surface area contributed by atoms with Gasteiger partial charge in [-0.2, -0.15) is 4.98 Å². The number of nitrogens with one attached hydrogen (secondary N) is 2. The Labute approximate surface area is 186 Å². The summed E-state index contributed by atoms with van der Waals surface area (Å²) in [6.45, 7) is 7.90. The molecular weight excluding hydrogens is 402 g/mol. The molecule has 0 unspecified atom stereocenters. The number of pyridine rings is 1. The molecule has 4 heterocycles. The molecule has 0 spiro atoms. The third kappa shape index (κ3) is 3.56.